The Labute approximate surface area is 167 Å². The van der Waals surface area contributed by atoms with Crippen LogP contribution in [0.4, 0.5) is 0 Å². The maximum absolute atomic E-state index is 11.8. The minimum absolute atomic E-state index is 0.0256. The van der Waals surface area contributed by atoms with E-state index in [-0.39, 0.29) is 35.0 Å². The summed E-state index contributed by atoms with van der Waals surface area (Å²) in [5.41, 5.74) is 0. The van der Waals surface area contributed by atoms with Crippen LogP contribution in [0, 0.1) is 0 Å². The van der Waals surface area contributed by atoms with E-state index in [1.165, 1.54) is 0 Å². The maximum Gasteiger partial charge on any atom is 0.537 e. The normalized spacial score (nSPS) is 15.6. The fraction of sp³-hybridized carbons (Fsp3) is 0.800. The number of hydrogen-bond acceptors (Lipinski definition) is 9. The molecule has 0 saturated heterocycles. The quantitative estimate of drug-likeness (QED) is 0.319. The molecular weight excluding hydrogens is 403 g/mol. The van der Waals surface area contributed by atoms with Crippen molar-refractivity contribution >= 4 is 64.4 Å². The molecular formula is C15H27O6PS3. The first-order valence-electron chi connectivity index (χ1n) is 8.06. The Bertz CT molecular complexity index is 370. The van der Waals surface area contributed by atoms with Crippen LogP contribution in [-0.2, 0) is 28.0 Å². The Morgan fingerprint density at radius 1 is 0.680 bits per heavy atom. The van der Waals surface area contributed by atoms with Crippen molar-refractivity contribution in [1.29, 1.82) is 0 Å². The molecule has 146 valence electrons. The van der Waals surface area contributed by atoms with Crippen molar-refractivity contribution in [3.05, 3.63) is 0 Å². The summed E-state index contributed by atoms with van der Waals surface area (Å²) in [4.78, 5) is 35.4. The van der Waals surface area contributed by atoms with Crippen molar-refractivity contribution in [2.75, 3.05) is 0 Å². The van der Waals surface area contributed by atoms with Gasteiger partial charge in [-0.2, -0.15) is 37.9 Å². The van der Waals surface area contributed by atoms with Gasteiger partial charge in [-0.3, -0.25) is 14.4 Å². The summed E-state index contributed by atoms with van der Waals surface area (Å²) in [7, 11) is -2.39. The summed E-state index contributed by atoms with van der Waals surface area (Å²) in [5.74, 6) is -1.80. The molecule has 3 atom stereocenters. The zero-order valence-electron chi connectivity index (χ0n) is 14.7. The second-order valence-corrected chi connectivity index (χ2v) is 9.42. The van der Waals surface area contributed by atoms with Gasteiger partial charge in [0, 0.05) is 19.3 Å². The molecule has 0 amide bonds. The molecule has 0 bridgehead atoms. The lowest BCUT2D eigenvalue weighted by Gasteiger charge is -2.15. The Morgan fingerprint density at radius 3 is 1.12 bits per heavy atom. The Balaban J connectivity index is 4.60. The summed E-state index contributed by atoms with van der Waals surface area (Å²) in [6.45, 7) is 5.53. The molecule has 10 heteroatoms. The lowest BCUT2D eigenvalue weighted by Crippen LogP contribution is -2.13. The predicted octanol–water partition coefficient (Wildman–Crippen LogP) is 4.14. The second-order valence-electron chi connectivity index (χ2n) is 5.78. The smallest absolute Gasteiger partial charge is 0.375 e. The van der Waals surface area contributed by atoms with Gasteiger partial charge in [0.2, 0.25) is 0 Å². The van der Waals surface area contributed by atoms with Crippen LogP contribution in [-0.4, -0.2) is 33.7 Å². The van der Waals surface area contributed by atoms with Gasteiger partial charge < -0.3 is 13.6 Å². The molecule has 25 heavy (non-hydrogen) atoms. The molecule has 6 nitrogen and oxygen atoms in total. The van der Waals surface area contributed by atoms with Crippen LogP contribution in [0.5, 0.6) is 0 Å². The molecule has 0 heterocycles. The number of rotatable bonds is 12. The zero-order valence-corrected chi connectivity index (χ0v) is 18.3. The lowest BCUT2D eigenvalue weighted by molar-refractivity contribution is -0.142. The summed E-state index contributed by atoms with van der Waals surface area (Å²) >= 11 is 12.5. The first-order valence-corrected chi connectivity index (χ1v) is 10.7. The molecule has 0 saturated carbocycles. The van der Waals surface area contributed by atoms with Crippen LogP contribution in [0.2, 0.25) is 0 Å². The van der Waals surface area contributed by atoms with Gasteiger partial charge in [0.1, 0.15) is 0 Å². The highest BCUT2D eigenvalue weighted by molar-refractivity contribution is 7.81. The summed E-state index contributed by atoms with van der Waals surface area (Å²) < 4.78 is 15.1. The van der Waals surface area contributed by atoms with Gasteiger partial charge in [0.25, 0.3) is 0 Å². The average Bonchev–Trinajstić information content (AvgIpc) is 2.48. The molecule has 0 aliphatic heterocycles. The van der Waals surface area contributed by atoms with Gasteiger partial charge in [-0.15, -0.1) is 0 Å². The molecule has 0 aromatic rings. The van der Waals surface area contributed by atoms with Crippen molar-refractivity contribution in [2.24, 2.45) is 0 Å². The van der Waals surface area contributed by atoms with Crippen LogP contribution in [0.3, 0.4) is 0 Å². The summed E-state index contributed by atoms with van der Waals surface area (Å²) in [6.07, 6.45) is 1.80. The van der Waals surface area contributed by atoms with E-state index in [9.17, 15) is 14.4 Å². The van der Waals surface area contributed by atoms with E-state index in [4.69, 9.17) is 13.6 Å². The average molecular weight is 431 g/mol. The van der Waals surface area contributed by atoms with Crippen molar-refractivity contribution in [3.8, 4) is 0 Å². The molecule has 0 aliphatic rings. The minimum atomic E-state index is -2.39. The number of carbonyl (C=O) groups is 3. The van der Waals surface area contributed by atoms with Crippen molar-refractivity contribution in [1.82, 2.24) is 0 Å². The van der Waals surface area contributed by atoms with E-state index < -0.39 is 26.5 Å². The fourth-order valence-corrected chi connectivity index (χ4v) is 2.69. The van der Waals surface area contributed by atoms with Gasteiger partial charge in [-0.05, 0) is 35.0 Å². The first kappa shape index (κ1) is 24.9. The van der Waals surface area contributed by atoms with Crippen LogP contribution in [0.25, 0.3) is 0 Å². The van der Waals surface area contributed by atoms with Crippen LogP contribution in [0.1, 0.15) is 59.3 Å². The minimum Gasteiger partial charge on any atom is -0.375 e. The monoisotopic (exact) mass is 430 g/mol. The van der Waals surface area contributed by atoms with Crippen LogP contribution in [0.15, 0.2) is 0 Å². The fourth-order valence-electron chi connectivity index (χ4n) is 1.42. The topological polar surface area (TPSA) is 78.9 Å². The maximum atomic E-state index is 11.8. The molecule has 0 aromatic heterocycles. The molecule has 0 spiro atoms. The third-order valence-corrected chi connectivity index (χ3v) is 4.66. The Hall–Kier alpha value is -0.110. The van der Waals surface area contributed by atoms with E-state index >= 15 is 0 Å². The molecule has 0 aromatic carbocycles. The molecule has 3 unspecified atom stereocenters. The van der Waals surface area contributed by atoms with E-state index in [1.54, 1.807) is 0 Å². The number of thiol groups is 3. The zero-order chi connectivity index (χ0) is 19.4. The molecule has 0 radical (unpaired) electrons. The Kier molecular flexibility index (Phi) is 13.9. The summed E-state index contributed by atoms with van der Waals surface area (Å²) in [5, 5.41) is 0.0767. The summed E-state index contributed by atoms with van der Waals surface area (Å²) in [6, 6.07) is 0. The molecule has 0 N–H and O–H groups in total. The Morgan fingerprint density at radius 2 is 0.920 bits per heavy atom. The van der Waals surface area contributed by atoms with E-state index in [2.05, 4.69) is 37.9 Å². The van der Waals surface area contributed by atoms with Crippen molar-refractivity contribution < 1.29 is 28.0 Å². The second kappa shape index (κ2) is 14.0. The van der Waals surface area contributed by atoms with E-state index in [1.807, 2.05) is 20.8 Å². The molecule has 0 rings (SSSR count). The van der Waals surface area contributed by atoms with Gasteiger partial charge in [0.15, 0.2) is 0 Å². The number of hydrogen-bond donors (Lipinski definition) is 3. The lowest BCUT2D eigenvalue weighted by atomic mass is 10.2. The standard InChI is InChI=1S/C15H27O6PS3/c1-10(23)4-7-13(16)19-22(20-14(17)8-5-11(2)24)21-15(18)9-6-12(3)25/h10-12,23-25H,4-9H2,1-3H3. The highest BCUT2D eigenvalue weighted by Gasteiger charge is 2.27. The third kappa shape index (κ3) is 15.8. The molecule has 0 fully saturated rings. The van der Waals surface area contributed by atoms with E-state index in [0.29, 0.717) is 19.3 Å². The van der Waals surface area contributed by atoms with Gasteiger partial charge in [-0.1, -0.05) is 20.8 Å². The van der Waals surface area contributed by atoms with Gasteiger partial charge >= 0.3 is 26.5 Å². The molecule has 0 aliphatic carbocycles. The predicted molar refractivity (Wildman–Crippen MR) is 108 cm³/mol. The van der Waals surface area contributed by atoms with Crippen LogP contribution < -0.4 is 0 Å². The first-order chi connectivity index (χ1) is 11.6. The van der Waals surface area contributed by atoms with Crippen molar-refractivity contribution in [2.45, 2.75) is 75.0 Å². The van der Waals surface area contributed by atoms with Crippen molar-refractivity contribution in [3.63, 3.8) is 0 Å². The van der Waals surface area contributed by atoms with E-state index in [0.717, 1.165) is 0 Å². The van der Waals surface area contributed by atoms with Gasteiger partial charge in [-0.25, -0.2) is 0 Å². The third-order valence-electron chi connectivity index (χ3n) is 2.83. The van der Waals surface area contributed by atoms with Crippen LogP contribution >= 0.6 is 46.5 Å². The largest absolute Gasteiger partial charge is 0.537 e. The SMILES string of the molecule is CC(S)CCC(=O)OP(OC(=O)CCC(C)S)OC(=O)CCC(C)S. The number of carbonyl (C=O) groups excluding carboxylic acids is 3. The van der Waals surface area contributed by atoms with Gasteiger partial charge in [0.05, 0.1) is 0 Å². The highest BCUT2D eigenvalue weighted by atomic mass is 32.1. The highest BCUT2D eigenvalue weighted by Crippen LogP contribution is 2.41.